The van der Waals surface area contributed by atoms with Crippen LogP contribution in [-0.4, -0.2) is 55.6 Å². The summed E-state index contributed by atoms with van der Waals surface area (Å²) in [7, 11) is 3.22. The van der Waals surface area contributed by atoms with E-state index in [9.17, 15) is 9.59 Å². The normalized spacial score (nSPS) is 13.8. The van der Waals surface area contributed by atoms with Crippen molar-refractivity contribution in [3.05, 3.63) is 88.7 Å². The van der Waals surface area contributed by atoms with E-state index >= 15 is 0 Å². The third-order valence-electron chi connectivity index (χ3n) is 6.69. The summed E-state index contributed by atoms with van der Waals surface area (Å²) < 4.78 is 10.8. The molecule has 4 rings (SSSR count). The lowest BCUT2D eigenvalue weighted by molar-refractivity contribution is 0.0707. The van der Waals surface area contributed by atoms with E-state index in [0.29, 0.717) is 42.9 Å². The van der Waals surface area contributed by atoms with E-state index in [1.54, 1.807) is 26.4 Å². The minimum absolute atomic E-state index is 0.0302. The Morgan fingerprint density at radius 3 is 2.31 bits per heavy atom. The molecule has 0 unspecified atom stereocenters. The van der Waals surface area contributed by atoms with Gasteiger partial charge in [0.1, 0.15) is 11.5 Å². The number of piperidine rings is 1. The van der Waals surface area contributed by atoms with Gasteiger partial charge >= 0.3 is 0 Å². The number of ether oxygens (including phenoxy) is 2. The molecular weight excluding hydrogens is 454 g/mol. The van der Waals surface area contributed by atoms with Crippen molar-refractivity contribution in [1.82, 2.24) is 15.2 Å². The van der Waals surface area contributed by atoms with Crippen molar-refractivity contribution in [3.8, 4) is 11.5 Å². The quantitative estimate of drug-likeness (QED) is 0.509. The zero-order valence-corrected chi connectivity index (χ0v) is 21.1. The van der Waals surface area contributed by atoms with Crippen LogP contribution in [0.15, 0.2) is 60.7 Å². The Hall–Kier alpha value is -3.87. The molecule has 1 N–H and O–H groups in total. The molecule has 0 radical (unpaired) electrons. The first kappa shape index (κ1) is 25.2. The van der Waals surface area contributed by atoms with Gasteiger partial charge < -0.3 is 19.7 Å². The van der Waals surface area contributed by atoms with Crippen molar-refractivity contribution in [2.75, 3.05) is 33.9 Å². The first-order valence-electron chi connectivity index (χ1n) is 12.3. The van der Waals surface area contributed by atoms with Gasteiger partial charge in [-0.2, -0.15) is 0 Å². The molecule has 1 aliphatic rings. The van der Waals surface area contributed by atoms with Crippen molar-refractivity contribution in [2.45, 2.75) is 32.1 Å². The molecule has 1 saturated heterocycles. The third-order valence-corrected chi connectivity index (χ3v) is 6.69. The highest BCUT2D eigenvalue weighted by Gasteiger charge is 2.29. The number of amides is 2. The lowest BCUT2D eigenvalue weighted by Crippen LogP contribution is -2.38. The zero-order valence-electron chi connectivity index (χ0n) is 21.1. The van der Waals surface area contributed by atoms with Crippen LogP contribution in [-0.2, 0) is 6.42 Å². The maximum Gasteiger partial charge on any atom is 0.257 e. The molecule has 1 fully saturated rings. The molecule has 2 heterocycles. The fourth-order valence-corrected chi connectivity index (χ4v) is 4.74. The van der Waals surface area contributed by atoms with Crippen LogP contribution in [0.4, 0.5) is 0 Å². The second-order valence-electron chi connectivity index (χ2n) is 8.97. The lowest BCUT2D eigenvalue weighted by Gasteiger charge is -2.32. The summed E-state index contributed by atoms with van der Waals surface area (Å²) in [5, 5.41) is 3.05. The number of carbonyl (C=O) groups excluding carboxylic acids is 2. The molecule has 2 amide bonds. The van der Waals surface area contributed by atoms with Crippen molar-refractivity contribution in [1.29, 1.82) is 0 Å². The van der Waals surface area contributed by atoms with Crippen molar-refractivity contribution in [3.63, 3.8) is 0 Å². The van der Waals surface area contributed by atoms with Crippen LogP contribution in [0.2, 0.25) is 0 Å². The van der Waals surface area contributed by atoms with E-state index in [1.807, 2.05) is 60.4 Å². The van der Waals surface area contributed by atoms with Gasteiger partial charge in [0.15, 0.2) is 0 Å². The topological polar surface area (TPSA) is 80.8 Å². The van der Waals surface area contributed by atoms with Crippen LogP contribution in [0.3, 0.4) is 0 Å². The molecule has 36 heavy (non-hydrogen) atoms. The number of nitrogens with one attached hydrogen (secondary N) is 1. The third kappa shape index (κ3) is 5.67. The van der Waals surface area contributed by atoms with Gasteiger partial charge in [-0.05, 0) is 62.1 Å². The van der Waals surface area contributed by atoms with Gasteiger partial charge in [-0.1, -0.05) is 30.3 Å². The molecule has 0 spiro atoms. The van der Waals surface area contributed by atoms with Crippen LogP contribution in [0, 0.1) is 6.92 Å². The molecule has 7 nitrogen and oxygen atoms in total. The van der Waals surface area contributed by atoms with Crippen molar-refractivity contribution >= 4 is 11.8 Å². The van der Waals surface area contributed by atoms with Crippen molar-refractivity contribution in [2.24, 2.45) is 0 Å². The maximum absolute atomic E-state index is 13.1. The van der Waals surface area contributed by atoms with Gasteiger partial charge in [0.2, 0.25) is 0 Å². The largest absolute Gasteiger partial charge is 0.496 e. The van der Waals surface area contributed by atoms with Gasteiger partial charge in [0, 0.05) is 31.2 Å². The van der Waals surface area contributed by atoms with E-state index < -0.39 is 0 Å². The zero-order chi connectivity index (χ0) is 25.5. The predicted molar refractivity (Wildman–Crippen MR) is 139 cm³/mol. The summed E-state index contributed by atoms with van der Waals surface area (Å²) in [6, 6.07) is 18.9. The standard InChI is InChI=1S/C29H33N3O4/c1-20-12-13-24(28(33)30-17-14-21-8-4-6-10-25(21)35-2)27(31-20)22-15-18-32(19-16-22)29(34)23-9-5-7-11-26(23)36-3/h4-13,22H,14-19H2,1-3H3,(H,30,33). The Morgan fingerprint density at radius 2 is 1.58 bits per heavy atom. The number of para-hydroxylation sites is 2. The number of aromatic nitrogens is 1. The molecule has 1 aromatic heterocycles. The number of carbonyl (C=O) groups is 2. The van der Waals surface area contributed by atoms with E-state index in [1.165, 1.54) is 0 Å². The average molecular weight is 488 g/mol. The Balaban J connectivity index is 1.41. The molecule has 7 heteroatoms. The fourth-order valence-electron chi connectivity index (χ4n) is 4.74. The van der Waals surface area contributed by atoms with E-state index in [4.69, 9.17) is 14.5 Å². The first-order chi connectivity index (χ1) is 17.5. The Kier molecular flexibility index (Phi) is 8.21. The molecule has 0 aliphatic carbocycles. The molecule has 0 saturated carbocycles. The van der Waals surface area contributed by atoms with Gasteiger partial charge in [0.25, 0.3) is 11.8 Å². The summed E-state index contributed by atoms with van der Waals surface area (Å²) in [6.45, 7) is 3.64. The molecule has 3 aromatic rings. The van der Waals surface area contributed by atoms with Gasteiger partial charge in [-0.3, -0.25) is 14.6 Å². The maximum atomic E-state index is 13.1. The van der Waals surface area contributed by atoms with Gasteiger partial charge in [-0.15, -0.1) is 0 Å². The fraction of sp³-hybridized carbons (Fsp3) is 0.345. The highest BCUT2D eigenvalue weighted by Crippen LogP contribution is 2.31. The highest BCUT2D eigenvalue weighted by atomic mass is 16.5. The van der Waals surface area contributed by atoms with Crippen LogP contribution >= 0.6 is 0 Å². The molecular formula is C29H33N3O4. The molecule has 1 aliphatic heterocycles. The number of benzene rings is 2. The SMILES string of the molecule is COc1ccccc1CCNC(=O)c1ccc(C)nc1C1CCN(C(=O)c2ccccc2OC)CC1. The minimum Gasteiger partial charge on any atom is -0.496 e. The number of pyridine rings is 1. The average Bonchev–Trinajstić information content (AvgIpc) is 2.92. The summed E-state index contributed by atoms with van der Waals surface area (Å²) in [6.07, 6.45) is 2.17. The minimum atomic E-state index is -0.125. The Bertz CT molecular complexity index is 1220. The number of aryl methyl sites for hydroxylation is 1. The summed E-state index contributed by atoms with van der Waals surface area (Å²) in [5.41, 5.74) is 3.92. The van der Waals surface area contributed by atoms with Gasteiger partial charge in [-0.25, -0.2) is 0 Å². The van der Waals surface area contributed by atoms with Crippen LogP contribution < -0.4 is 14.8 Å². The second-order valence-corrected chi connectivity index (χ2v) is 8.97. The van der Waals surface area contributed by atoms with E-state index in [-0.39, 0.29) is 17.7 Å². The predicted octanol–water partition coefficient (Wildman–Crippen LogP) is 4.40. The van der Waals surface area contributed by atoms with Gasteiger partial charge in [0.05, 0.1) is 31.0 Å². The van der Waals surface area contributed by atoms with Crippen LogP contribution in [0.25, 0.3) is 0 Å². The lowest BCUT2D eigenvalue weighted by atomic mass is 9.89. The summed E-state index contributed by atoms with van der Waals surface area (Å²) in [5.74, 6) is 1.36. The Labute approximate surface area is 212 Å². The number of hydrogen-bond donors (Lipinski definition) is 1. The molecule has 0 atom stereocenters. The number of rotatable bonds is 8. The Morgan fingerprint density at radius 1 is 0.917 bits per heavy atom. The molecule has 2 aromatic carbocycles. The summed E-state index contributed by atoms with van der Waals surface area (Å²) >= 11 is 0. The molecule has 0 bridgehead atoms. The second kappa shape index (κ2) is 11.7. The smallest absolute Gasteiger partial charge is 0.257 e. The number of nitrogens with zero attached hydrogens (tertiary/aromatic N) is 2. The van der Waals surface area contributed by atoms with Crippen LogP contribution in [0.1, 0.15) is 56.4 Å². The monoisotopic (exact) mass is 487 g/mol. The summed E-state index contributed by atoms with van der Waals surface area (Å²) in [4.78, 5) is 32.8. The van der Waals surface area contributed by atoms with Crippen molar-refractivity contribution < 1.29 is 19.1 Å². The first-order valence-corrected chi connectivity index (χ1v) is 12.3. The number of likely N-dealkylation sites (tertiary alicyclic amines) is 1. The number of methoxy groups -OCH3 is 2. The highest BCUT2D eigenvalue weighted by molar-refractivity contribution is 5.97. The number of hydrogen-bond acceptors (Lipinski definition) is 5. The van der Waals surface area contributed by atoms with E-state index in [2.05, 4.69) is 5.32 Å². The van der Waals surface area contributed by atoms with E-state index in [0.717, 1.165) is 35.5 Å². The molecule has 188 valence electrons. The van der Waals surface area contributed by atoms with Crippen LogP contribution in [0.5, 0.6) is 11.5 Å².